The van der Waals surface area contributed by atoms with Crippen LogP contribution in [0.15, 0.2) is 36.3 Å². The third kappa shape index (κ3) is 1.49. The van der Waals surface area contributed by atoms with E-state index < -0.39 is 5.97 Å². The molecule has 0 aromatic heterocycles. The van der Waals surface area contributed by atoms with Crippen LogP contribution >= 0.6 is 0 Å². The lowest BCUT2D eigenvalue weighted by molar-refractivity contribution is 0.0694. The molecule has 0 aliphatic carbocycles. The summed E-state index contributed by atoms with van der Waals surface area (Å²) in [5, 5.41) is 9.12. The first kappa shape index (κ1) is 9.96. The second kappa shape index (κ2) is 3.66. The number of para-hydroxylation sites is 1. The summed E-state index contributed by atoms with van der Waals surface area (Å²) in [5.74, 6) is 0.177. The zero-order valence-corrected chi connectivity index (χ0v) is 8.97. The Morgan fingerprint density at radius 1 is 1.35 bits per heavy atom. The maximum absolute atomic E-state index is 11.1. The molecule has 0 saturated heterocycles. The minimum absolute atomic E-state index is 0.174. The van der Waals surface area contributed by atoms with Gasteiger partial charge < -0.3 is 14.6 Å². The van der Waals surface area contributed by atoms with Gasteiger partial charge in [0.2, 0.25) is 0 Å². The maximum Gasteiger partial charge on any atom is 0.339 e. The third-order valence-corrected chi connectivity index (χ3v) is 2.88. The topological polar surface area (TPSA) is 55.8 Å². The summed E-state index contributed by atoms with van der Waals surface area (Å²) in [5.41, 5.74) is 1.99. The molecule has 1 N–H and O–H groups in total. The minimum Gasteiger partial charge on any atom is -0.493 e. The zero-order valence-electron chi connectivity index (χ0n) is 8.97. The Morgan fingerprint density at radius 3 is 3.06 bits per heavy atom. The summed E-state index contributed by atoms with van der Waals surface area (Å²) >= 11 is 0. The predicted octanol–water partition coefficient (Wildman–Crippen LogP) is 2.42. The van der Waals surface area contributed by atoms with E-state index in [2.05, 4.69) is 0 Å². The van der Waals surface area contributed by atoms with E-state index in [1.807, 2.05) is 6.07 Å². The number of ether oxygens (including phenoxy) is 2. The van der Waals surface area contributed by atoms with E-state index in [4.69, 9.17) is 14.6 Å². The van der Waals surface area contributed by atoms with Crippen LogP contribution in [0.2, 0.25) is 0 Å². The van der Waals surface area contributed by atoms with Crippen molar-refractivity contribution in [3.05, 3.63) is 47.4 Å². The highest BCUT2D eigenvalue weighted by Gasteiger charge is 2.24. The van der Waals surface area contributed by atoms with E-state index in [1.165, 1.54) is 12.3 Å². The van der Waals surface area contributed by atoms with Gasteiger partial charge in [0.05, 0.1) is 12.9 Å². The highest BCUT2D eigenvalue weighted by molar-refractivity contribution is 5.94. The van der Waals surface area contributed by atoms with Gasteiger partial charge in [-0.15, -0.1) is 0 Å². The molecule has 0 spiro atoms. The predicted molar refractivity (Wildman–Crippen MR) is 60.7 cm³/mol. The van der Waals surface area contributed by atoms with Gasteiger partial charge in [-0.05, 0) is 6.07 Å². The number of hydrogen-bond acceptors (Lipinski definition) is 3. The molecule has 3 rings (SSSR count). The number of hydrogen-bond donors (Lipinski definition) is 1. The lowest BCUT2D eigenvalue weighted by atomic mass is 9.99. The third-order valence-electron chi connectivity index (χ3n) is 2.88. The fourth-order valence-corrected chi connectivity index (χ4v) is 2.12. The molecule has 0 radical (unpaired) electrons. The Morgan fingerprint density at radius 2 is 2.24 bits per heavy atom. The van der Waals surface area contributed by atoms with E-state index in [-0.39, 0.29) is 5.56 Å². The molecule has 0 amide bonds. The molecule has 2 heterocycles. The SMILES string of the molecule is O=C(O)c1cccc2c1OC=CC1=C2CCO1. The van der Waals surface area contributed by atoms with Crippen molar-refractivity contribution in [2.24, 2.45) is 0 Å². The summed E-state index contributed by atoms with van der Waals surface area (Å²) in [6.07, 6.45) is 3.98. The van der Waals surface area contributed by atoms with Crippen molar-refractivity contribution in [1.29, 1.82) is 0 Å². The average molecular weight is 230 g/mol. The molecule has 0 unspecified atom stereocenters. The Balaban J connectivity index is 2.24. The molecule has 0 atom stereocenters. The second-order valence-corrected chi connectivity index (χ2v) is 3.85. The number of benzene rings is 1. The van der Waals surface area contributed by atoms with E-state index >= 15 is 0 Å². The summed E-state index contributed by atoms with van der Waals surface area (Å²) < 4.78 is 10.9. The minimum atomic E-state index is -0.988. The number of rotatable bonds is 1. The van der Waals surface area contributed by atoms with Crippen LogP contribution in [0.5, 0.6) is 5.75 Å². The lowest BCUT2D eigenvalue weighted by Gasteiger charge is -2.10. The Kier molecular flexibility index (Phi) is 2.14. The molecule has 17 heavy (non-hydrogen) atoms. The summed E-state index contributed by atoms with van der Waals surface area (Å²) in [4.78, 5) is 11.1. The maximum atomic E-state index is 11.1. The van der Waals surface area contributed by atoms with Crippen molar-refractivity contribution >= 4 is 11.5 Å². The molecule has 0 fully saturated rings. The van der Waals surface area contributed by atoms with Gasteiger partial charge in [-0.2, -0.15) is 0 Å². The highest BCUT2D eigenvalue weighted by atomic mass is 16.5. The zero-order chi connectivity index (χ0) is 11.8. The van der Waals surface area contributed by atoms with E-state index in [1.54, 1.807) is 12.1 Å². The van der Waals surface area contributed by atoms with Gasteiger partial charge in [0.25, 0.3) is 0 Å². The van der Waals surface area contributed by atoms with Crippen molar-refractivity contribution in [3.8, 4) is 5.75 Å². The fraction of sp³-hybridized carbons (Fsp3) is 0.154. The molecule has 0 saturated carbocycles. The van der Waals surface area contributed by atoms with Crippen molar-refractivity contribution in [2.75, 3.05) is 6.61 Å². The molecule has 86 valence electrons. The van der Waals surface area contributed by atoms with Gasteiger partial charge >= 0.3 is 5.97 Å². The Labute approximate surface area is 97.8 Å². The first-order valence-corrected chi connectivity index (χ1v) is 5.33. The van der Waals surface area contributed by atoms with Crippen LogP contribution in [0.4, 0.5) is 0 Å². The van der Waals surface area contributed by atoms with Crippen LogP contribution in [0, 0.1) is 0 Å². The van der Waals surface area contributed by atoms with Crippen LogP contribution in [-0.2, 0) is 4.74 Å². The molecular formula is C13H10O4. The molecule has 4 heteroatoms. The standard InChI is InChI=1S/C13H10O4/c14-13(15)10-3-1-2-9-8-4-6-16-11(8)5-7-17-12(9)10/h1-3,5,7H,4,6H2,(H,14,15). The number of allylic oxidation sites excluding steroid dienone is 1. The fourth-order valence-electron chi connectivity index (χ4n) is 2.12. The first-order chi connectivity index (χ1) is 8.27. The monoisotopic (exact) mass is 230 g/mol. The Bertz CT molecular complexity index is 555. The van der Waals surface area contributed by atoms with Crippen molar-refractivity contribution < 1.29 is 19.4 Å². The average Bonchev–Trinajstić information content (AvgIpc) is 2.70. The van der Waals surface area contributed by atoms with E-state index in [0.29, 0.717) is 12.4 Å². The van der Waals surface area contributed by atoms with Crippen molar-refractivity contribution in [2.45, 2.75) is 6.42 Å². The van der Waals surface area contributed by atoms with Gasteiger partial charge in [-0.3, -0.25) is 0 Å². The van der Waals surface area contributed by atoms with Gasteiger partial charge in [-0.25, -0.2) is 4.79 Å². The number of aromatic carboxylic acids is 1. The van der Waals surface area contributed by atoms with Gasteiger partial charge in [-0.1, -0.05) is 12.1 Å². The van der Waals surface area contributed by atoms with Crippen LogP contribution in [0.1, 0.15) is 22.3 Å². The molecule has 1 aromatic rings. The van der Waals surface area contributed by atoms with Crippen LogP contribution in [-0.4, -0.2) is 17.7 Å². The van der Waals surface area contributed by atoms with Gasteiger partial charge in [0, 0.05) is 23.6 Å². The molecule has 0 bridgehead atoms. The van der Waals surface area contributed by atoms with Crippen molar-refractivity contribution in [1.82, 2.24) is 0 Å². The first-order valence-electron chi connectivity index (χ1n) is 5.33. The second-order valence-electron chi connectivity index (χ2n) is 3.85. The van der Waals surface area contributed by atoms with Crippen molar-refractivity contribution in [3.63, 3.8) is 0 Å². The lowest BCUT2D eigenvalue weighted by Crippen LogP contribution is -2.02. The van der Waals surface area contributed by atoms with Crippen LogP contribution < -0.4 is 4.74 Å². The van der Waals surface area contributed by atoms with Crippen LogP contribution in [0.3, 0.4) is 0 Å². The normalized spacial score (nSPS) is 16.7. The van der Waals surface area contributed by atoms with Crippen LogP contribution in [0.25, 0.3) is 5.57 Å². The number of fused-ring (bicyclic) bond motifs is 2. The quantitative estimate of drug-likeness (QED) is 0.804. The highest BCUT2D eigenvalue weighted by Crippen LogP contribution is 2.39. The Hall–Kier alpha value is -2.23. The van der Waals surface area contributed by atoms with Gasteiger partial charge in [0.1, 0.15) is 17.1 Å². The molecule has 2 aliphatic rings. The largest absolute Gasteiger partial charge is 0.493 e. The van der Waals surface area contributed by atoms with E-state index in [9.17, 15) is 4.79 Å². The van der Waals surface area contributed by atoms with Gasteiger partial charge in [0.15, 0.2) is 0 Å². The summed E-state index contributed by atoms with van der Waals surface area (Å²) in [6, 6.07) is 5.12. The summed E-state index contributed by atoms with van der Waals surface area (Å²) in [6.45, 7) is 0.631. The molecule has 1 aromatic carbocycles. The molecule has 2 aliphatic heterocycles. The van der Waals surface area contributed by atoms with E-state index in [0.717, 1.165) is 23.3 Å². The molecular weight excluding hydrogens is 220 g/mol. The number of carboxylic acid groups (broad SMARTS) is 1. The smallest absolute Gasteiger partial charge is 0.339 e. The number of carbonyl (C=O) groups is 1. The molecule has 4 nitrogen and oxygen atoms in total. The number of carboxylic acids is 1. The summed E-state index contributed by atoms with van der Waals surface area (Å²) in [7, 11) is 0.